The van der Waals surface area contributed by atoms with Gasteiger partial charge in [-0.05, 0) is 32.4 Å². The number of pyridine rings is 1. The van der Waals surface area contributed by atoms with E-state index in [1.54, 1.807) is 0 Å². The normalized spacial score (nSPS) is 25.3. The van der Waals surface area contributed by atoms with Crippen LogP contribution in [-0.4, -0.2) is 65.6 Å². The average Bonchev–Trinajstić information content (AvgIpc) is 2.53. The summed E-state index contributed by atoms with van der Waals surface area (Å²) in [5.41, 5.74) is 2.55. The van der Waals surface area contributed by atoms with Crippen LogP contribution in [0.3, 0.4) is 0 Å². The van der Waals surface area contributed by atoms with Gasteiger partial charge in [-0.25, -0.2) is 0 Å². The summed E-state index contributed by atoms with van der Waals surface area (Å²) in [6, 6.07) is 4.63. The van der Waals surface area contributed by atoms with Crippen LogP contribution in [0.1, 0.15) is 41.5 Å². The van der Waals surface area contributed by atoms with E-state index in [1.807, 2.05) is 30.9 Å². The average molecular weight is 317 g/mol. The molecule has 2 saturated heterocycles. The van der Waals surface area contributed by atoms with Gasteiger partial charge in [-0.15, -0.1) is 0 Å². The van der Waals surface area contributed by atoms with E-state index >= 15 is 0 Å². The van der Waals surface area contributed by atoms with Crippen molar-refractivity contribution in [2.75, 3.05) is 32.8 Å². The molecule has 2 atom stereocenters. The largest absolute Gasteiger partial charge is 0.378 e. The van der Waals surface area contributed by atoms with Crippen molar-refractivity contribution in [1.82, 2.24) is 14.8 Å². The van der Waals surface area contributed by atoms with Gasteiger partial charge in [-0.3, -0.25) is 14.7 Å². The number of ether oxygens (including phenoxy) is 1. The molecule has 0 N–H and O–H groups in total. The summed E-state index contributed by atoms with van der Waals surface area (Å²) in [6.07, 6.45) is 2.35. The van der Waals surface area contributed by atoms with Crippen LogP contribution < -0.4 is 0 Å². The molecule has 1 aromatic rings. The fourth-order valence-electron chi connectivity index (χ4n) is 3.84. The van der Waals surface area contributed by atoms with Crippen LogP contribution in [0.5, 0.6) is 0 Å². The van der Waals surface area contributed by atoms with Gasteiger partial charge in [0, 0.05) is 42.6 Å². The maximum atomic E-state index is 12.8. The van der Waals surface area contributed by atoms with Gasteiger partial charge in [0.2, 0.25) is 0 Å². The van der Waals surface area contributed by atoms with Crippen LogP contribution in [0.25, 0.3) is 0 Å². The summed E-state index contributed by atoms with van der Waals surface area (Å²) < 4.78 is 5.79. The number of nitrogens with zero attached hydrogens (tertiary/aromatic N) is 3. The third-order valence-corrected chi connectivity index (χ3v) is 4.86. The van der Waals surface area contributed by atoms with Crippen molar-refractivity contribution in [2.24, 2.45) is 0 Å². The standard InChI is InChI=1S/C18H27N3O2/c1-4-5-16-11-23-12-17-10-20(6-7-21(16)17)18(22)15-8-13(2)19-14(3)9-15/h8-9,16-17H,4-7,10-12H2,1-3H3/t16-,17+/m0/s1. The fourth-order valence-corrected chi connectivity index (χ4v) is 3.84. The summed E-state index contributed by atoms with van der Waals surface area (Å²) >= 11 is 0. The number of morpholine rings is 1. The second kappa shape index (κ2) is 6.97. The van der Waals surface area contributed by atoms with E-state index in [1.165, 1.54) is 12.8 Å². The maximum absolute atomic E-state index is 12.8. The van der Waals surface area contributed by atoms with Gasteiger partial charge in [-0.1, -0.05) is 13.3 Å². The Morgan fingerprint density at radius 1 is 1.26 bits per heavy atom. The van der Waals surface area contributed by atoms with Gasteiger partial charge in [0.1, 0.15) is 0 Å². The fraction of sp³-hybridized carbons (Fsp3) is 0.667. The molecule has 0 aliphatic carbocycles. The number of aromatic nitrogens is 1. The van der Waals surface area contributed by atoms with Crippen LogP contribution >= 0.6 is 0 Å². The number of amides is 1. The summed E-state index contributed by atoms with van der Waals surface area (Å²) in [4.78, 5) is 21.7. The Balaban J connectivity index is 1.70. The minimum absolute atomic E-state index is 0.121. The van der Waals surface area contributed by atoms with Crippen LogP contribution in [0.15, 0.2) is 12.1 Å². The number of rotatable bonds is 3. The molecule has 0 aromatic carbocycles. The molecule has 5 nitrogen and oxygen atoms in total. The Morgan fingerprint density at radius 2 is 2.00 bits per heavy atom. The Morgan fingerprint density at radius 3 is 2.70 bits per heavy atom. The molecule has 2 aliphatic heterocycles. The third-order valence-electron chi connectivity index (χ3n) is 4.86. The highest BCUT2D eigenvalue weighted by atomic mass is 16.5. The zero-order chi connectivity index (χ0) is 16.4. The van der Waals surface area contributed by atoms with E-state index in [0.29, 0.717) is 12.1 Å². The molecule has 0 saturated carbocycles. The highest BCUT2D eigenvalue weighted by molar-refractivity contribution is 5.94. The molecule has 0 bridgehead atoms. The summed E-state index contributed by atoms with van der Waals surface area (Å²) in [7, 11) is 0. The molecule has 0 unspecified atom stereocenters. The van der Waals surface area contributed by atoms with Crippen molar-refractivity contribution < 1.29 is 9.53 Å². The zero-order valence-electron chi connectivity index (χ0n) is 14.4. The first kappa shape index (κ1) is 16.4. The number of carbonyl (C=O) groups excluding carboxylic acids is 1. The number of aryl methyl sites for hydroxylation is 2. The summed E-state index contributed by atoms with van der Waals surface area (Å²) in [6.45, 7) is 10.2. The lowest BCUT2D eigenvalue weighted by atomic mass is 10.0. The van der Waals surface area contributed by atoms with Gasteiger partial charge in [0.15, 0.2) is 0 Å². The van der Waals surface area contributed by atoms with Crippen LogP contribution in [0.2, 0.25) is 0 Å². The van der Waals surface area contributed by atoms with E-state index in [4.69, 9.17) is 4.74 Å². The second-order valence-electron chi connectivity index (χ2n) is 6.76. The molecule has 2 aliphatic rings. The second-order valence-corrected chi connectivity index (χ2v) is 6.76. The summed E-state index contributed by atoms with van der Waals surface area (Å²) in [5.74, 6) is 0.121. The van der Waals surface area contributed by atoms with E-state index < -0.39 is 0 Å². The number of carbonyl (C=O) groups is 1. The predicted molar refractivity (Wildman–Crippen MR) is 89.6 cm³/mol. The molecular weight excluding hydrogens is 290 g/mol. The lowest BCUT2D eigenvalue weighted by Gasteiger charge is -2.48. The monoisotopic (exact) mass is 317 g/mol. The van der Waals surface area contributed by atoms with E-state index in [-0.39, 0.29) is 5.91 Å². The molecular formula is C18H27N3O2. The zero-order valence-corrected chi connectivity index (χ0v) is 14.4. The smallest absolute Gasteiger partial charge is 0.254 e. The Bertz CT molecular complexity index is 553. The van der Waals surface area contributed by atoms with Crippen molar-refractivity contribution in [3.05, 3.63) is 29.1 Å². The topological polar surface area (TPSA) is 45.7 Å². The van der Waals surface area contributed by atoms with Crippen molar-refractivity contribution in [3.63, 3.8) is 0 Å². The number of piperazine rings is 1. The van der Waals surface area contributed by atoms with Crippen molar-refractivity contribution in [2.45, 2.75) is 45.7 Å². The van der Waals surface area contributed by atoms with Gasteiger partial charge < -0.3 is 9.64 Å². The first-order valence-electron chi connectivity index (χ1n) is 8.66. The molecule has 3 heterocycles. The number of hydrogen-bond acceptors (Lipinski definition) is 4. The number of hydrogen-bond donors (Lipinski definition) is 0. The van der Waals surface area contributed by atoms with Gasteiger partial charge >= 0.3 is 0 Å². The predicted octanol–water partition coefficient (Wildman–Crippen LogP) is 2.02. The van der Waals surface area contributed by atoms with Gasteiger partial charge in [0.25, 0.3) is 5.91 Å². The first-order chi connectivity index (χ1) is 11.1. The lowest BCUT2D eigenvalue weighted by molar-refractivity contribution is -0.0776. The van der Waals surface area contributed by atoms with E-state index in [0.717, 1.165) is 49.8 Å². The molecule has 1 aromatic heterocycles. The van der Waals surface area contributed by atoms with Crippen molar-refractivity contribution >= 4 is 5.91 Å². The quantitative estimate of drug-likeness (QED) is 0.856. The highest BCUT2D eigenvalue weighted by Gasteiger charge is 2.36. The van der Waals surface area contributed by atoms with Crippen molar-refractivity contribution in [3.8, 4) is 0 Å². The van der Waals surface area contributed by atoms with E-state index in [9.17, 15) is 4.79 Å². The number of fused-ring (bicyclic) bond motifs is 1. The van der Waals surface area contributed by atoms with Gasteiger partial charge in [-0.2, -0.15) is 0 Å². The highest BCUT2D eigenvalue weighted by Crippen LogP contribution is 2.22. The van der Waals surface area contributed by atoms with Gasteiger partial charge in [0.05, 0.1) is 19.3 Å². The lowest BCUT2D eigenvalue weighted by Crippen LogP contribution is -2.62. The molecule has 0 radical (unpaired) electrons. The molecule has 126 valence electrons. The Kier molecular flexibility index (Phi) is 4.97. The maximum Gasteiger partial charge on any atom is 0.254 e. The molecule has 0 spiro atoms. The minimum Gasteiger partial charge on any atom is -0.378 e. The Hall–Kier alpha value is -1.46. The molecule has 5 heteroatoms. The van der Waals surface area contributed by atoms with Crippen LogP contribution in [0.4, 0.5) is 0 Å². The van der Waals surface area contributed by atoms with E-state index in [2.05, 4.69) is 16.8 Å². The molecule has 23 heavy (non-hydrogen) atoms. The molecule has 3 rings (SSSR count). The Labute approximate surface area is 138 Å². The van der Waals surface area contributed by atoms with Crippen LogP contribution in [0, 0.1) is 13.8 Å². The summed E-state index contributed by atoms with van der Waals surface area (Å²) in [5, 5.41) is 0. The molecule has 2 fully saturated rings. The molecule has 1 amide bonds. The SMILES string of the molecule is CCC[C@H]1COC[C@H]2CN(C(=O)c3cc(C)nc(C)c3)CCN12. The first-order valence-corrected chi connectivity index (χ1v) is 8.66. The van der Waals surface area contributed by atoms with Crippen molar-refractivity contribution in [1.29, 1.82) is 0 Å². The third kappa shape index (κ3) is 3.56. The van der Waals surface area contributed by atoms with Crippen LogP contribution in [-0.2, 0) is 4.74 Å². The minimum atomic E-state index is 0.121.